The topological polar surface area (TPSA) is 58.2 Å². The van der Waals surface area contributed by atoms with E-state index in [0.717, 1.165) is 18.5 Å². The number of carbonyl (C=O) groups is 1. The number of benzene rings is 1. The zero-order chi connectivity index (χ0) is 13.8. The Morgan fingerprint density at radius 3 is 3.00 bits per heavy atom. The number of nitrogens with one attached hydrogen (secondary N) is 2. The summed E-state index contributed by atoms with van der Waals surface area (Å²) in [6.45, 7) is 1.88. The molecule has 2 N–H and O–H groups in total. The molecule has 1 aromatic rings. The van der Waals surface area contributed by atoms with E-state index in [1.165, 1.54) is 5.56 Å². The third-order valence-corrected chi connectivity index (χ3v) is 4.21. The van der Waals surface area contributed by atoms with Crippen molar-refractivity contribution in [2.45, 2.75) is 31.8 Å². The van der Waals surface area contributed by atoms with Gasteiger partial charge in [-0.15, -0.1) is 0 Å². The highest BCUT2D eigenvalue weighted by atomic mass is 32.2. The maximum atomic E-state index is 12.1. The van der Waals surface area contributed by atoms with Crippen LogP contribution in [0.1, 0.15) is 18.9 Å². The van der Waals surface area contributed by atoms with Crippen LogP contribution in [-0.4, -0.2) is 34.2 Å². The zero-order valence-corrected chi connectivity index (χ0v) is 12.1. The summed E-state index contributed by atoms with van der Waals surface area (Å²) < 4.78 is 11.1. The minimum atomic E-state index is -0.888. The minimum absolute atomic E-state index is 0.00699. The summed E-state index contributed by atoms with van der Waals surface area (Å²) in [6.07, 6.45) is 3.36. The predicted molar refractivity (Wildman–Crippen MR) is 78.7 cm³/mol. The van der Waals surface area contributed by atoms with E-state index in [1.54, 1.807) is 6.26 Å². The van der Waals surface area contributed by atoms with E-state index < -0.39 is 10.8 Å². The second kappa shape index (κ2) is 6.19. The predicted octanol–water partition coefficient (Wildman–Crippen LogP) is 1.30. The van der Waals surface area contributed by atoms with Gasteiger partial charge in [0, 0.05) is 34.5 Å². The van der Waals surface area contributed by atoms with Gasteiger partial charge in [0.2, 0.25) is 5.91 Å². The van der Waals surface area contributed by atoms with Crippen LogP contribution in [0.25, 0.3) is 0 Å². The SMILES string of the molecule is CC(CS(C)=O)NC(=O)C1CCc2ccccc2N1. The molecule has 1 aliphatic heterocycles. The van der Waals surface area contributed by atoms with Gasteiger partial charge in [-0.1, -0.05) is 18.2 Å². The molecule has 5 heteroatoms. The Bertz CT molecular complexity index is 490. The smallest absolute Gasteiger partial charge is 0.242 e. The van der Waals surface area contributed by atoms with E-state index in [1.807, 2.05) is 25.1 Å². The molecule has 1 aromatic carbocycles. The van der Waals surface area contributed by atoms with E-state index in [4.69, 9.17) is 0 Å². The fourth-order valence-electron chi connectivity index (χ4n) is 2.37. The molecule has 0 radical (unpaired) electrons. The number of anilines is 1. The van der Waals surface area contributed by atoms with Gasteiger partial charge in [-0.05, 0) is 31.4 Å². The first kappa shape index (κ1) is 14.1. The summed E-state index contributed by atoms with van der Waals surface area (Å²) in [5.41, 5.74) is 2.30. The number of hydrogen-bond donors (Lipinski definition) is 2. The van der Waals surface area contributed by atoms with Gasteiger partial charge in [-0.3, -0.25) is 9.00 Å². The Labute approximate surface area is 116 Å². The van der Waals surface area contributed by atoms with Crippen molar-refractivity contribution in [2.24, 2.45) is 0 Å². The molecule has 1 amide bonds. The van der Waals surface area contributed by atoms with E-state index in [0.29, 0.717) is 5.75 Å². The van der Waals surface area contributed by atoms with Crippen molar-refractivity contribution >= 4 is 22.4 Å². The fourth-order valence-corrected chi connectivity index (χ4v) is 3.16. The van der Waals surface area contributed by atoms with Gasteiger partial charge in [0.25, 0.3) is 0 Å². The molecule has 3 atom stereocenters. The number of aryl methyl sites for hydroxylation is 1. The summed E-state index contributed by atoms with van der Waals surface area (Å²) in [6, 6.07) is 7.81. The van der Waals surface area contributed by atoms with Crippen LogP contribution < -0.4 is 10.6 Å². The Morgan fingerprint density at radius 1 is 1.53 bits per heavy atom. The molecule has 3 unspecified atom stereocenters. The van der Waals surface area contributed by atoms with Crippen LogP contribution in [0.4, 0.5) is 5.69 Å². The van der Waals surface area contributed by atoms with Gasteiger partial charge in [-0.25, -0.2) is 0 Å². The lowest BCUT2D eigenvalue weighted by atomic mass is 9.97. The highest BCUT2D eigenvalue weighted by molar-refractivity contribution is 7.84. The fraction of sp³-hybridized carbons (Fsp3) is 0.500. The number of fused-ring (bicyclic) bond motifs is 1. The molecule has 104 valence electrons. The van der Waals surface area contributed by atoms with Crippen molar-refractivity contribution in [2.75, 3.05) is 17.3 Å². The minimum Gasteiger partial charge on any atom is -0.373 e. The largest absolute Gasteiger partial charge is 0.373 e. The first-order valence-corrected chi connectivity index (χ1v) is 8.24. The molecule has 0 saturated heterocycles. The average molecular weight is 280 g/mol. The summed E-state index contributed by atoms with van der Waals surface area (Å²) >= 11 is 0. The Kier molecular flexibility index (Phi) is 4.58. The molecule has 0 aromatic heterocycles. The molecule has 0 aliphatic carbocycles. The van der Waals surface area contributed by atoms with Crippen molar-refractivity contribution in [3.8, 4) is 0 Å². The van der Waals surface area contributed by atoms with Gasteiger partial charge in [0.15, 0.2) is 0 Å². The van der Waals surface area contributed by atoms with E-state index >= 15 is 0 Å². The van der Waals surface area contributed by atoms with E-state index in [9.17, 15) is 9.00 Å². The second-order valence-electron chi connectivity index (χ2n) is 5.04. The van der Waals surface area contributed by atoms with Gasteiger partial charge < -0.3 is 10.6 Å². The van der Waals surface area contributed by atoms with Crippen LogP contribution in [0.2, 0.25) is 0 Å². The van der Waals surface area contributed by atoms with Crippen LogP contribution >= 0.6 is 0 Å². The van der Waals surface area contributed by atoms with Crippen LogP contribution in [-0.2, 0) is 22.0 Å². The molecule has 0 spiro atoms. The van der Waals surface area contributed by atoms with Gasteiger partial charge in [0.05, 0.1) is 0 Å². The van der Waals surface area contributed by atoms with E-state index in [-0.39, 0.29) is 18.0 Å². The normalized spacial score (nSPS) is 20.8. The van der Waals surface area contributed by atoms with Gasteiger partial charge in [-0.2, -0.15) is 0 Å². The van der Waals surface area contributed by atoms with Crippen molar-refractivity contribution < 1.29 is 9.00 Å². The lowest BCUT2D eigenvalue weighted by molar-refractivity contribution is -0.122. The molecule has 1 aliphatic rings. The molecule has 4 nitrogen and oxygen atoms in total. The Hall–Kier alpha value is -1.36. The number of para-hydroxylation sites is 1. The third kappa shape index (κ3) is 3.80. The standard InChI is InChI=1S/C14H20N2O2S/c1-10(9-19(2)18)15-14(17)13-8-7-11-5-3-4-6-12(11)16-13/h3-6,10,13,16H,7-9H2,1-2H3,(H,15,17). The van der Waals surface area contributed by atoms with Crippen LogP contribution in [0.15, 0.2) is 24.3 Å². The quantitative estimate of drug-likeness (QED) is 0.874. The molecular weight excluding hydrogens is 260 g/mol. The van der Waals surface area contributed by atoms with Gasteiger partial charge >= 0.3 is 0 Å². The first-order valence-electron chi connectivity index (χ1n) is 6.51. The summed E-state index contributed by atoms with van der Waals surface area (Å²) in [5.74, 6) is 0.488. The summed E-state index contributed by atoms with van der Waals surface area (Å²) in [4.78, 5) is 12.1. The average Bonchev–Trinajstić information content (AvgIpc) is 2.37. The summed E-state index contributed by atoms with van der Waals surface area (Å²) in [5, 5.41) is 6.18. The lowest BCUT2D eigenvalue weighted by Gasteiger charge is -2.27. The highest BCUT2D eigenvalue weighted by Crippen LogP contribution is 2.24. The zero-order valence-electron chi connectivity index (χ0n) is 11.3. The molecule has 0 bridgehead atoms. The third-order valence-electron chi connectivity index (χ3n) is 3.24. The van der Waals surface area contributed by atoms with Crippen LogP contribution in [0, 0.1) is 0 Å². The van der Waals surface area contributed by atoms with Crippen molar-refractivity contribution in [3.05, 3.63) is 29.8 Å². The molecule has 0 saturated carbocycles. The molecule has 0 fully saturated rings. The molecular formula is C14H20N2O2S. The number of hydrogen-bond acceptors (Lipinski definition) is 3. The summed E-state index contributed by atoms with van der Waals surface area (Å²) in [7, 11) is -0.888. The molecule has 1 heterocycles. The Balaban J connectivity index is 1.93. The van der Waals surface area contributed by atoms with E-state index in [2.05, 4.69) is 16.7 Å². The molecule has 19 heavy (non-hydrogen) atoms. The molecule has 2 rings (SSSR count). The monoisotopic (exact) mass is 280 g/mol. The maximum Gasteiger partial charge on any atom is 0.242 e. The van der Waals surface area contributed by atoms with Crippen LogP contribution in [0.3, 0.4) is 0 Å². The van der Waals surface area contributed by atoms with Crippen molar-refractivity contribution in [1.29, 1.82) is 0 Å². The first-order chi connectivity index (χ1) is 9.06. The second-order valence-corrected chi connectivity index (χ2v) is 6.52. The van der Waals surface area contributed by atoms with Crippen LogP contribution in [0.5, 0.6) is 0 Å². The number of amides is 1. The number of carbonyl (C=O) groups excluding carboxylic acids is 1. The number of rotatable bonds is 4. The lowest BCUT2D eigenvalue weighted by Crippen LogP contribution is -2.46. The highest BCUT2D eigenvalue weighted by Gasteiger charge is 2.24. The van der Waals surface area contributed by atoms with Crippen molar-refractivity contribution in [3.63, 3.8) is 0 Å². The maximum absolute atomic E-state index is 12.1. The van der Waals surface area contributed by atoms with Crippen molar-refractivity contribution in [1.82, 2.24) is 5.32 Å². The Morgan fingerprint density at radius 2 is 2.26 bits per heavy atom. The van der Waals surface area contributed by atoms with Gasteiger partial charge in [0.1, 0.15) is 6.04 Å².